The number of thioether (sulfide) groups is 1. The van der Waals surface area contributed by atoms with E-state index >= 15 is 0 Å². The first-order valence-corrected chi connectivity index (χ1v) is 8.54. The van der Waals surface area contributed by atoms with Crippen LogP contribution in [0.1, 0.15) is 25.3 Å². The maximum Gasteiger partial charge on any atom is 0.306 e. The van der Waals surface area contributed by atoms with Gasteiger partial charge >= 0.3 is 5.97 Å². The highest BCUT2D eigenvalue weighted by molar-refractivity contribution is 7.98. The average molecular weight is 340 g/mol. The summed E-state index contributed by atoms with van der Waals surface area (Å²) in [6.07, 6.45) is 2.13. The van der Waals surface area contributed by atoms with Crippen LogP contribution in [0.25, 0.3) is 0 Å². The molecule has 0 spiro atoms. The van der Waals surface area contributed by atoms with Crippen LogP contribution in [-0.4, -0.2) is 29.9 Å². The molecule has 22 heavy (non-hydrogen) atoms. The van der Waals surface area contributed by atoms with Crippen molar-refractivity contribution >= 4 is 41.0 Å². The van der Waals surface area contributed by atoms with Crippen LogP contribution in [0, 0.1) is 0 Å². The van der Waals surface area contributed by atoms with Crippen molar-refractivity contribution in [3.8, 4) is 0 Å². The molecular weight excluding hydrogens is 320 g/mol. The minimum Gasteiger partial charge on any atom is -0.466 e. The fourth-order valence-electron chi connectivity index (χ4n) is 1.61. The molecule has 0 heterocycles. The molecule has 0 fully saturated rings. The van der Waals surface area contributed by atoms with Crippen molar-refractivity contribution in [2.24, 2.45) is 0 Å². The fourth-order valence-corrected chi connectivity index (χ4v) is 2.20. The van der Waals surface area contributed by atoms with Crippen LogP contribution >= 0.6 is 24.0 Å². The summed E-state index contributed by atoms with van der Waals surface area (Å²) in [5.41, 5.74) is 1.07. The Morgan fingerprint density at radius 1 is 1.23 bits per heavy atom. The second kappa shape index (κ2) is 10.2. The van der Waals surface area contributed by atoms with Crippen LogP contribution in [0.4, 0.5) is 0 Å². The van der Waals surface area contributed by atoms with Crippen LogP contribution < -0.4 is 10.6 Å². The van der Waals surface area contributed by atoms with Gasteiger partial charge in [-0.05, 0) is 43.1 Å². The van der Waals surface area contributed by atoms with Crippen molar-refractivity contribution in [2.75, 3.05) is 12.9 Å². The number of benzene rings is 1. The Morgan fingerprint density at radius 2 is 1.91 bits per heavy atom. The van der Waals surface area contributed by atoms with Gasteiger partial charge in [-0.25, -0.2) is 0 Å². The van der Waals surface area contributed by atoms with Crippen LogP contribution in [0.5, 0.6) is 0 Å². The van der Waals surface area contributed by atoms with Gasteiger partial charge in [-0.1, -0.05) is 12.1 Å². The summed E-state index contributed by atoms with van der Waals surface area (Å²) >= 11 is 6.73. The lowest BCUT2D eigenvalue weighted by Gasteiger charge is -2.10. The zero-order valence-corrected chi connectivity index (χ0v) is 14.3. The van der Waals surface area contributed by atoms with Gasteiger partial charge in [0, 0.05) is 17.9 Å². The van der Waals surface area contributed by atoms with Crippen molar-refractivity contribution in [3.63, 3.8) is 0 Å². The quantitative estimate of drug-likeness (QED) is 0.451. The summed E-state index contributed by atoms with van der Waals surface area (Å²) in [4.78, 5) is 23.9. The molecule has 1 rings (SSSR count). The number of ether oxygens (including phenoxy) is 1. The molecule has 120 valence electrons. The highest BCUT2D eigenvalue weighted by atomic mass is 32.2. The van der Waals surface area contributed by atoms with Gasteiger partial charge in [0.25, 0.3) is 0 Å². The second-order valence-electron chi connectivity index (χ2n) is 4.38. The van der Waals surface area contributed by atoms with Crippen LogP contribution in [0.3, 0.4) is 0 Å². The highest BCUT2D eigenvalue weighted by Crippen LogP contribution is 2.14. The van der Waals surface area contributed by atoms with Gasteiger partial charge < -0.3 is 15.4 Å². The molecule has 0 aliphatic heterocycles. The minimum absolute atomic E-state index is 0.0540. The summed E-state index contributed by atoms with van der Waals surface area (Å²) in [6, 6.07) is 8.07. The van der Waals surface area contributed by atoms with E-state index in [1.807, 2.05) is 30.5 Å². The monoisotopic (exact) mass is 340 g/mol. The van der Waals surface area contributed by atoms with E-state index in [4.69, 9.17) is 17.0 Å². The van der Waals surface area contributed by atoms with E-state index in [0.29, 0.717) is 13.2 Å². The standard InChI is InChI=1S/C15H20N2O3S2/c1-3-20-14(19)9-8-13(18)17-15(21)16-10-11-4-6-12(22-2)7-5-11/h4-7H,3,8-10H2,1-2H3,(H2,16,17,18,21). The fraction of sp³-hybridized carbons (Fsp3) is 0.400. The molecule has 1 aromatic carbocycles. The zero-order chi connectivity index (χ0) is 16.4. The van der Waals surface area contributed by atoms with Crippen LogP contribution in [0.2, 0.25) is 0 Å². The Balaban J connectivity index is 2.27. The van der Waals surface area contributed by atoms with Gasteiger partial charge in [-0.15, -0.1) is 11.8 Å². The normalized spacial score (nSPS) is 9.91. The van der Waals surface area contributed by atoms with Gasteiger partial charge in [-0.3, -0.25) is 9.59 Å². The maximum absolute atomic E-state index is 11.6. The number of carbonyl (C=O) groups excluding carboxylic acids is 2. The summed E-state index contributed by atoms with van der Waals surface area (Å²) in [6.45, 7) is 2.57. The molecule has 0 atom stereocenters. The molecule has 1 amide bonds. The van der Waals surface area contributed by atoms with E-state index in [9.17, 15) is 9.59 Å². The number of rotatable bonds is 7. The highest BCUT2D eigenvalue weighted by Gasteiger charge is 2.08. The number of amides is 1. The van der Waals surface area contributed by atoms with Gasteiger partial charge in [-0.2, -0.15) is 0 Å². The van der Waals surface area contributed by atoms with Crippen molar-refractivity contribution in [1.82, 2.24) is 10.6 Å². The van der Waals surface area contributed by atoms with E-state index in [-0.39, 0.29) is 29.8 Å². The minimum atomic E-state index is -0.384. The third-order valence-corrected chi connectivity index (χ3v) is 3.72. The Kier molecular flexibility index (Phi) is 8.54. The first-order chi connectivity index (χ1) is 10.5. The lowest BCUT2D eigenvalue weighted by Crippen LogP contribution is -2.38. The third-order valence-electron chi connectivity index (χ3n) is 2.73. The Hall–Kier alpha value is -1.60. The van der Waals surface area contributed by atoms with E-state index in [1.54, 1.807) is 18.7 Å². The Morgan fingerprint density at radius 3 is 2.50 bits per heavy atom. The van der Waals surface area contributed by atoms with Crippen molar-refractivity contribution in [3.05, 3.63) is 29.8 Å². The van der Waals surface area contributed by atoms with Crippen molar-refractivity contribution in [2.45, 2.75) is 31.2 Å². The molecule has 0 aliphatic rings. The maximum atomic E-state index is 11.6. The van der Waals surface area contributed by atoms with Crippen LogP contribution in [0.15, 0.2) is 29.2 Å². The predicted octanol–water partition coefficient (Wildman–Crippen LogP) is 2.24. The Labute approximate surface area is 140 Å². The lowest BCUT2D eigenvalue weighted by atomic mass is 10.2. The largest absolute Gasteiger partial charge is 0.466 e. The molecule has 7 heteroatoms. The lowest BCUT2D eigenvalue weighted by molar-refractivity contribution is -0.144. The SMILES string of the molecule is CCOC(=O)CCC(=O)NC(=S)NCc1ccc(SC)cc1. The molecule has 0 bridgehead atoms. The number of carbonyl (C=O) groups is 2. The molecule has 0 unspecified atom stereocenters. The second-order valence-corrected chi connectivity index (χ2v) is 5.67. The first-order valence-electron chi connectivity index (χ1n) is 6.91. The van der Waals surface area contributed by atoms with E-state index < -0.39 is 0 Å². The number of esters is 1. The zero-order valence-electron chi connectivity index (χ0n) is 12.7. The van der Waals surface area contributed by atoms with Gasteiger partial charge in [0.15, 0.2) is 5.11 Å². The summed E-state index contributed by atoms with van der Waals surface area (Å²) in [5, 5.41) is 5.75. The molecule has 0 radical (unpaired) electrons. The Bertz CT molecular complexity index is 518. The predicted molar refractivity (Wildman–Crippen MR) is 91.7 cm³/mol. The number of hydrogen-bond donors (Lipinski definition) is 2. The third kappa shape index (κ3) is 7.42. The number of nitrogens with one attached hydrogen (secondary N) is 2. The van der Waals surface area contributed by atoms with Crippen LogP contribution in [-0.2, 0) is 20.9 Å². The average Bonchev–Trinajstić information content (AvgIpc) is 2.52. The first kappa shape index (κ1) is 18.4. The van der Waals surface area contributed by atoms with Gasteiger partial charge in [0.2, 0.25) is 5.91 Å². The van der Waals surface area contributed by atoms with Crippen molar-refractivity contribution < 1.29 is 14.3 Å². The van der Waals surface area contributed by atoms with E-state index in [0.717, 1.165) is 5.56 Å². The molecule has 2 N–H and O–H groups in total. The molecule has 0 aromatic heterocycles. The van der Waals surface area contributed by atoms with E-state index in [2.05, 4.69) is 10.6 Å². The van der Waals surface area contributed by atoms with Gasteiger partial charge in [0.05, 0.1) is 13.0 Å². The van der Waals surface area contributed by atoms with Crippen molar-refractivity contribution in [1.29, 1.82) is 0 Å². The summed E-state index contributed by atoms with van der Waals surface area (Å²) < 4.78 is 4.75. The van der Waals surface area contributed by atoms with Gasteiger partial charge in [0.1, 0.15) is 0 Å². The smallest absolute Gasteiger partial charge is 0.306 e. The summed E-state index contributed by atoms with van der Waals surface area (Å²) in [5.74, 6) is -0.686. The molecular formula is C15H20N2O3S2. The van der Waals surface area contributed by atoms with E-state index in [1.165, 1.54) is 4.90 Å². The topological polar surface area (TPSA) is 67.4 Å². The molecule has 1 aromatic rings. The molecule has 0 saturated carbocycles. The summed E-state index contributed by atoms with van der Waals surface area (Å²) in [7, 11) is 0. The number of thiocarbonyl (C=S) groups is 1. The molecule has 0 aliphatic carbocycles. The molecule has 0 saturated heterocycles. The molecule has 5 nitrogen and oxygen atoms in total. The number of hydrogen-bond acceptors (Lipinski definition) is 5.